The van der Waals surface area contributed by atoms with Crippen LogP contribution in [-0.4, -0.2) is 35.6 Å². The molecule has 0 radical (unpaired) electrons. The number of benzene rings is 2. The Morgan fingerprint density at radius 1 is 1.07 bits per heavy atom. The van der Waals surface area contributed by atoms with Crippen LogP contribution in [0, 0.1) is 0 Å². The summed E-state index contributed by atoms with van der Waals surface area (Å²) in [4.78, 5) is 15.0. The van der Waals surface area contributed by atoms with Crippen LogP contribution in [0.3, 0.4) is 0 Å². The highest BCUT2D eigenvalue weighted by Crippen LogP contribution is 2.20. The van der Waals surface area contributed by atoms with E-state index in [2.05, 4.69) is 4.57 Å². The second kappa shape index (κ2) is 10.5. The maximum Gasteiger partial charge on any atom is 0.255 e. The molecule has 6 heteroatoms. The molecule has 152 valence electrons. The fourth-order valence-electron chi connectivity index (χ4n) is 3.23. The van der Waals surface area contributed by atoms with E-state index in [0.29, 0.717) is 41.8 Å². The molecular formula is C23H24Cl2N2O2. The smallest absolute Gasteiger partial charge is 0.255 e. The van der Waals surface area contributed by atoms with Gasteiger partial charge in [-0.15, -0.1) is 0 Å². The number of aromatic nitrogens is 1. The zero-order valence-corrected chi connectivity index (χ0v) is 17.9. The van der Waals surface area contributed by atoms with E-state index in [-0.39, 0.29) is 5.91 Å². The fraction of sp³-hybridized carbons (Fsp3) is 0.261. The van der Waals surface area contributed by atoms with Gasteiger partial charge >= 0.3 is 0 Å². The summed E-state index contributed by atoms with van der Waals surface area (Å²) in [6, 6.07) is 19.0. The van der Waals surface area contributed by atoms with Crippen LogP contribution in [0.5, 0.6) is 0 Å². The lowest BCUT2D eigenvalue weighted by Crippen LogP contribution is -2.33. The number of carbonyl (C=O) groups excluding carboxylic acids is 1. The van der Waals surface area contributed by atoms with Crippen LogP contribution in [0.25, 0.3) is 0 Å². The zero-order chi connectivity index (χ0) is 20.6. The molecule has 0 bridgehead atoms. The largest absolute Gasteiger partial charge is 0.385 e. The van der Waals surface area contributed by atoms with E-state index in [4.69, 9.17) is 27.9 Å². The quantitative estimate of drug-likeness (QED) is 0.418. The molecule has 4 nitrogen and oxygen atoms in total. The van der Waals surface area contributed by atoms with Crippen molar-refractivity contribution in [2.45, 2.75) is 19.5 Å². The number of hydrogen-bond acceptors (Lipinski definition) is 2. The Morgan fingerprint density at radius 3 is 2.66 bits per heavy atom. The van der Waals surface area contributed by atoms with Crippen LogP contribution in [0.1, 0.15) is 28.0 Å². The van der Waals surface area contributed by atoms with Crippen molar-refractivity contribution in [3.63, 3.8) is 0 Å². The number of nitrogens with zero attached hydrogens (tertiary/aromatic N) is 2. The minimum absolute atomic E-state index is 0.0813. The highest BCUT2D eigenvalue weighted by atomic mass is 35.5. The van der Waals surface area contributed by atoms with Gasteiger partial charge in [-0.3, -0.25) is 4.79 Å². The number of amides is 1. The van der Waals surface area contributed by atoms with Crippen molar-refractivity contribution in [2.24, 2.45) is 0 Å². The zero-order valence-electron chi connectivity index (χ0n) is 16.4. The first-order valence-electron chi connectivity index (χ1n) is 9.49. The third-order valence-electron chi connectivity index (χ3n) is 4.69. The molecule has 1 aromatic heterocycles. The highest BCUT2D eigenvalue weighted by Gasteiger charge is 2.19. The summed E-state index contributed by atoms with van der Waals surface area (Å²) in [6.45, 7) is 2.35. The van der Waals surface area contributed by atoms with Gasteiger partial charge in [0.05, 0.1) is 17.1 Å². The van der Waals surface area contributed by atoms with Crippen LogP contribution in [0.4, 0.5) is 0 Å². The Kier molecular flexibility index (Phi) is 7.76. The Balaban J connectivity index is 1.80. The first-order chi connectivity index (χ1) is 14.1. The molecule has 0 aliphatic heterocycles. The minimum atomic E-state index is -0.0813. The molecule has 3 aromatic rings. The number of carbonyl (C=O) groups is 1. The molecule has 0 fully saturated rings. The topological polar surface area (TPSA) is 34.5 Å². The van der Waals surface area contributed by atoms with Crippen LogP contribution >= 0.6 is 23.2 Å². The average molecular weight is 431 g/mol. The molecule has 0 aliphatic carbocycles. The SMILES string of the molecule is COCCCN(Cc1cccn1Cc1cccc(Cl)c1)C(=O)c1ccccc1Cl. The monoisotopic (exact) mass is 430 g/mol. The Bertz CT molecular complexity index is 955. The second-order valence-corrected chi connectivity index (χ2v) is 7.65. The summed E-state index contributed by atoms with van der Waals surface area (Å²) in [5.74, 6) is -0.0813. The Labute approximate surface area is 181 Å². The van der Waals surface area contributed by atoms with Gasteiger partial charge in [0, 0.05) is 43.7 Å². The van der Waals surface area contributed by atoms with Crippen LogP contribution < -0.4 is 0 Å². The van der Waals surface area contributed by atoms with Gasteiger partial charge in [-0.25, -0.2) is 0 Å². The van der Waals surface area contributed by atoms with Gasteiger partial charge in [0.25, 0.3) is 5.91 Å². The number of methoxy groups -OCH3 is 1. The van der Waals surface area contributed by atoms with Gasteiger partial charge in [0.1, 0.15) is 0 Å². The van der Waals surface area contributed by atoms with E-state index >= 15 is 0 Å². The maximum atomic E-state index is 13.2. The summed E-state index contributed by atoms with van der Waals surface area (Å²) in [7, 11) is 1.66. The predicted octanol–water partition coefficient (Wildman–Crippen LogP) is 5.52. The maximum absolute atomic E-state index is 13.2. The lowest BCUT2D eigenvalue weighted by Gasteiger charge is -2.24. The molecule has 1 amide bonds. The van der Waals surface area contributed by atoms with Crippen molar-refractivity contribution in [1.29, 1.82) is 0 Å². The van der Waals surface area contributed by atoms with Gasteiger partial charge in [-0.05, 0) is 48.4 Å². The molecule has 29 heavy (non-hydrogen) atoms. The highest BCUT2D eigenvalue weighted by molar-refractivity contribution is 6.33. The summed E-state index contributed by atoms with van der Waals surface area (Å²) >= 11 is 12.4. The van der Waals surface area contributed by atoms with Crippen molar-refractivity contribution < 1.29 is 9.53 Å². The van der Waals surface area contributed by atoms with E-state index < -0.39 is 0 Å². The van der Waals surface area contributed by atoms with Gasteiger partial charge < -0.3 is 14.2 Å². The molecule has 0 saturated carbocycles. The van der Waals surface area contributed by atoms with Crippen LogP contribution in [0.15, 0.2) is 66.9 Å². The Hall–Kier alpha value is -2.27. The average Bonchev–Trinajstić information content (AvgIpc) is 3.14. The lowest BCUT2D eigenvalue weighted by molar-refractivity contribution is 0.0720. The minimum Gasteiger partial charge on any atom is -0.385 e. The van der Waals surface area contributed by atoms with Gasteiger partial charge in [-0.1, -0.05) is 47.5 Å². The van der Waals surface area contributed by atoms with E-state index in [0.717, 1.165) is 17.7 Å². The van der Waals surface area contributed by atoms with E-state index in [1.54, 1.807) is 19.2 Å². The molecule has 0 unspecified atom stereocenters. The van der Waals surface area contributed by atoms with Gasteiger partial charge in [-0.2, -0.15) is 0 Å². The third-order valence-corrected chi connectivity index (χ3v) is 5.25. The molecule has 1 heterocycles. The first kappa shape index (κ1) is 21.4. The molecule has 0 spiro atoms. The number of hydrogen-bond donors (Lipinski definition) is 0. The summed E-state index contributed by atoms with van der Waals surface area (Å²) in [5, 5.41) is 1.18. The van der Waals surface area contributed by atoms with Gasteiger partial charge in [0.2, 0.25) is 0 Å². The fourth-order valence-corrected chi connectivity index (χ4v) is 3.66. The standard InChI is InChI=1S/C23H24Cl2N2O2/c1-29-14-6-13-27(23(28)21-10-2-3-11-22(21)25)17-20-9-5-12-26(20)16-18-7-4-8-19(24)15-18/h2-5,7-12,15H,6,13-14,16-17H2,1H3. The van der Waals surface area contributed by atoms with E-state index in [9.17, 15) is 4.79 Å². The van der Waals surface area contributed by atoms with E-state index in [1.165, 1.54) is 0 Å². The van der Waals surface area contributed by atoms with Gasteiger partial charge in [0.15, 0.2) is 0 Å². The van der Waals surface area contributed by atoms with Crippen molar-refractivity contribution in [1.82, 2.24) is 9.47 Å². The molecule has 2 aromatic carbocycles. The molecule has 3 rings (SSSR count). The number of ether oxygens (including phenoxy) is 1. The number of rotatable bonds is 9. The van der Waals surface area contributed by atoms with Crippen LogP contribution in [0.2, 0.25) is 10.0 Å². The summed E-state index contributed by atoms with van der Waals surface area (Å²) in [6.07, 6.45) is 2.77. The second-order valence-electron chi connectivity index (χ2n) is 6.81. The van der Waals surface area contributed by atoms with Crippen molar-refractivity contribution >= 4 is 29.1 Å². The molecular weight excluding hydrogens is 407 g/mol. The van der Waals surface area contributed by atoms with Crippen molar-refractivity contribution in [3.05, 3.63) is 93.7 Å². The van der Waals surface area contributed by atoms with Crippen molar-refractivity contribution in [3.8, 4) is 0 Å². The molecule has 0 atom stereocenters. The molecule has 0 saturated heterocycles. The predicted molar refractivity (Wildman–Crippen MR) is 118 cm³/mol. The lowest BCUT2D eigenvalue weighted by atomic mass is 10.2. The summed E-state index contributed by atoms with van der Waals surface area (Å²) < 4.78 is 7.30. The first-order valence-corrected chi connectivity index (χ1v) is 10.3. The molecule has 0 aliphatic rings. The third kappa shape index (κ3) is 5.86. The Morgan fingerprint density at radius 2 is 1.90 bits per heavy atom. The van der Waals surface area contributed by atoms with Crippen LogP contribution in [-0.2, 0) is 17.8 Å². The normalized spacial score (nSPS) is 10.9. The number of halogens is 2. The summed E-state index contributed by atoms with van der Waals surface area (Å²) in [5.41, 5.74) is 2.67. The van der Waals surface area contributed by atoms with Crippen molar-refractivity contribution in [2.75, 3.05) is 20.3 Å². The molecule has 0 N–H and O–H groups in total. The van der Waals surface area contributed by atoms with E-state index in [1.807, 2.05) is 59.6 Å².